The molecule has 0 spiro atoms. The van der Waals surface area contributed by atoms with Gasteiger partial charge in [-0.2, -0.15) is 0 Å². The largest absolute Gasteiger partial charge is 0.463 e. The zero-order valence-corrected chi connectivity index (χ0v) is 10.2. The monoisotopic (exact) mass is 234 g/mol. The van der Waals surface area contributed by atoms with Crippen LogP contribution < -0.4 is 0 Å². The van der Waals surface area contributed by atoms with E-state index in [1.807, 2.05) is 20.8 Å². The molecule has 0 atom stereocenters. The van der Waals surface area contributed by atoms with Crippen LogP contribution in [0.15, 0.2) is 0 Å². The minimum Gasteiger partial charge on any atom is -0.463 e. The van der Waals surface area contributed by atoms with Gasteiger partial charge in [0.1, 0.15) is 6.61 Å². The summed E-state index contributed by atoms with van der Waals surface area (Å²) >= 11 is 0. The zero-order valence-electron chi connectivity index (χ0n) is 10.2. The Balaban J connectivity index is 3.49. The quantitative estimate of drug-likeness (QED) is 0.367. The van der Waals surface area contributed by atoms with Gasteiger partial charge in [0.15, 0.2) is 6.29 Å². The van der Waals surface area contributed by atoms with Crippen molar-refractivity contribution in [1.82, 2.24) is 0 Å². The summed E-state index contributed by atoms with van der Waals surface area (Å²) in [4.78, 5) is 11.5. The maximum Gasteiger partial charge on any atom is 0.311 e. The Labute approximate surface area is 96.4 Å². The molecule has 0 bridgehead atoms. The number of carbonyl (C=O) groups is 1. The van der Waals surface area contributed by atoms with Crippen molar-refractivity contribution in [3.05, 3.63) is 0 Å². The van der Waals surface area contributed by atoms with Crippen LogP contribution in [0.2, 0.25) is 0 Å². The van der Waals surface area contributed by atoms with Crippen LogP contribution in [-0.2, 0) is 14.3 Å². The molecule has 0 radical (unpaired) electrons. The van der Waals surface area contributed by atoms with Crippen molar-refractivity contribution in [2.45, 2.75) is 39.9 Å². The molecule has 5 heteroatoms. The number of aliphatic hydroxyl groups is 2. The molecular weight excluding hydrogens is 212 g/mol. The first kappa shape index (κ1) is 15.3. The Morgan fingerprint density at radius 1 is 1.25 bits per heavy atom. The van der Waals surface area contributed by atoms with E-state index in [0.29, 0.717) is 0 Å². The smallest absolute Gasteiger partial charge is 0.311 e. The summed E-state index contributed by atoms with van der Waals surface area (Å²) in [5.41, 5.74) is -0.457. The first-order valence-electron chi connectivity index (χ1n) is 5.51. The summed E-state index contributed by atoms with van der Waals surface area (Å²) in [6.07, 6.45) is -0.459. The van der Waals surface area contributed by atoms with Gasteiger partial charge in [-0.3, -0.25) is 4.79 Å². The van der Waals surface area contributed by atoms with Crippen LogP contribution in [0.5, 0.6) is 0 Å². The number of hydrogen-bond donors (Lipinski definition) is 2. The van der Waals surface area contributed by atoms with E-state index in [1.54, 1.807) is 0 Å². The molecule has 0 aliphatic rings. The third-order valence-electron chi connectivity index (χ3n) is 2.42. The molecule has 0 saturated carbocycles. The van der Waals surface area contributed by atoms with Gasteiger partial charge < -0.3 is 19.7 Å². The molecule has 0 amide bonds. The zero-order chi connectivity index (χ0) is 12.6. The van der Waals surface area contributed by atoms with E-state index >= 15 is 0 Å². The normalized spacial score (nSPS) is 11.9. The number of aliphatic hydroxyl groups excluding tert-OH is 1. The van der Waals surface area contributed by atoms with E-state index in [2.05, 4.69) is 0 Å². The molecule has 0 saturated heterocycles. The predicted molar refractivity (Wildman–Crippen MR) is 58.7 cm³/mol. The molecule has 0 rings (SSSR count). The molecule has 0 fully saturated rings. The van der Waals surface area contributed by atoms with Crippen LogP contribution in [-0.4, -0.2) is 42.3 Å². The molecule has 0 aromatic heterocycles. The minimum atomic E-state index is -1.35. The maximum absolute atomic E-state index is 11.5. The van der Waals surface area contributed by atoms with Gasteiger partial charge in [-0.1, -0.05) is 6.92 Å². The Morgan fingerprint density at radius 2 is 1.88 bits per heavy atom. The Kier molecular flexibility index (Phi) is 7.29. The average molecular weight is 234 g/mol. The van der Waals surface area contributed by atoms with Gasteiger partial charge in [-0.25, -0.2) is 0 Å². The highest BCUT2D eigenvalue weighted by Gasteiger charge is 2.26. The van der Waals surface area contributed by atoms with E-state index in [0.717, 1.165) is 6.42 Å². The van der Waals surface area contributed by atoms with Gasteiger partial charge in [0, 0.05) is 6.42 Å². The first-order chi connectivity index (χ1) is 7.40. The third-order valence-corrected chi connectivity index (χ3v) is 2.42. The molecule has 5 nitrogen and oxygen atoms in total. The SMILES string of the molecule is CCC(C)(C)C(=O)OCCOCCC(O)O. The minimum absolute atomic E-state index is 0.161. The lowest BCUT2D eigenvalue weighted by atomic mass is 9.91. The Bertz CT molecular complexity index is 201. The van der Waals surface area contributed by atoms with Gasteiger partial charge in [-0.05, 0) is 20.3 Å². The van der Waals surface area contributed by atoms with E-state index < -0.39 is 11.7 Å². The molecule has 0 aromatic rings. The summed E-state index contributed by atoms with van der Waals surface area (Å²) in [6.45, 7) is 6.31. The second-order valence-electron chi connectivity index (χ2n) is 4.26. The standard InChI is InChI=1S/C11H22O5/c1-4-11(2,3)10(14)16-8-7-15-6-5-9(12)13/h9,12-13H,4-8H2,1-3H3. The molecular formula is C11H22O5. The summed E-state index contributed by atoms with van der Waals surface area (Å²) in [7, 11) is 0. The lowest BCUT2D eigenvalue weighted by Crippen LogP contribution is -2.27. The van der Waals surface area contributed by atoms with Gasteiger partial charge in [0.25, 0.3) is 0 Å². The van der Waals surface area contributed by atoms with Crippen molar-refractivity contribution in [3.8, 4) is 0 Å². The molecule has 16 heavy (non-hydrogen) atoms. The van der Waals surface area contributed by atoms with Crippen molar-refractivity contribution in [2.75, 3.05) is 19.8 Å². The van der Waals surface area contributed by atoms with Gasteiger partial charge in [0.05, 0.1) is 18.6 Å². The van der Waals surface area contributed by atoms with Crippen molar-refractivity contribution < 1.29 is 24.5 Å². The molecule has 0 heterocycles. The van der Waals surface area contributed by atoms with E-state index in [1.165, 1.54) is 0 Å². The lowest BCUT2D eigenvalue weighted by Gasteiger charge is -2.20. The molecule has 0 aliphatic carbocycles. The van der Waals surface area contributed by atoms with Crippen LogP contribution >= 0.6 is 0 Å². The average Bonchev–Trinajstić information content (AvgIpc) is 2.22. The highest BCUT2D eigenvalue weighted by Crippen LogP contribution is 2.21. The summed E-state index contributed by atoms with van der Waals surface area (Å²) in [5.74, 6) is -0.235. The van der Waals surface area contributed by atoms with Crippen molar-refractivity contribution in [1.29, 1.82) is 0 Å². The fraction of sp³-hybridized carbons (Fsp3) is 0.909. The van der Waals surface area contributed by atoms with Crippen molar-refractivity contribution in [2.24, 2.45) is 5.41 Å². The summed E-state index contributed by atoms with van der Waals surface area (Å²) < 4.78 is 10.1. The fourth-order valence-corrected chi connectivity index (χ4v) is 0.824. The van der Waals surface area contributed by atoms with Crippen LogP contribution in [0.25, 0.3) is 0 Å². The number of esters is 1. The molecule has 2 N–H and O–H groups in total. The molecule has 0 aromatic carbocycles. The highest BCUT2D eigenvalue weighted by molar-refractivity contribution is 5.75. The van der Waals surface area contributed by atoms with Crippen LogP contribution in [0.4, 0.5) is 0 Å². The molecule has 96 valence electrons. The summed E-state index contributed by atoms with van der Waals surface area (Å²) in [6, 6.07) is 0. The topological polar surface area (TPSA) is 76.0 Å². The van der Waals surface area contributed by atoms with Gasteiger partial charge in [-0.15, -0.1) is 0 Å². The second kappa shape index (κ2) is 7.60. The van der Waals surface area contributed by atoms with Gasteiger partial charge in [0.2, 0.25) is 0 Å². The highest BCUT2D eigenvalue weighted by atomic mass is 16.6. The predicted octanol–water partition coefficient (Wildman–Crippen LogP) is 0.683. The second-order valence-corrected chi connectivity index (χ2v) is 4.26. The number of rotatable bonds is 8. The fourth-order valence-electron chi connectivity index (χ4n) is 0.824. The van der Waals surface area contributed by atoms with E-state index in [4.69, 9.17) is 19.7 Å². The maximum atomic E-state index is 11.5. The lowest BCUT2D eigenvalue weighted by molar-refractivity contribution is -0.156. The van der Waals surface area contributed by atoms with Gasteiger partial charge >= 0.3 is 5.97 Å². The Hall–Kier alpha value is -0.650. The molecule has 0 unspecified atom stereocenters. The number of ether oxygens (including phenoxy) is 2. The Morgan fingerprint density at radius 3 is 2.38 bits per heavy atom. The van der Waals surface area contributed by atoms with E-state index in [9.17, 15) is 4.79 Å². The van der Waals surface area contributed by atoms with Crippen molar-refractivity contribution >= 4 is 5.97 Å². The van der Waals surface area contributed by atoms with Crippen LogP contribution in [0.3, 0.4) is 0 Å². The van der Waals surface area contributed by atoms with E-state index in [-0.39, 0.29) is 32.2 Å². The summed E-state index contributed by atoms with van der Waals surface area (Å²) in [5, 5.41) is 17.1. The van der Waals surface area contributed by atoms with Crippen LogP contribution in [0, 0.1) is 5.41 Å². The first-order valence-corrected chi connectivity index (χ1v) is 5.51. The van der Waals surface area contributed by atoms with Crippen molar-refractivity contribution in [3.63, 3.8) is 0 Å². The number of hydrogen-bond acceptors (Lipinski definition) is 5. The third kappa shape index (κ3) is 6.76. The van der Waals surface area contributed by atoms with Crippen LogP contribution in [0.1, 0.15) is 33.6 Å². The number of carbonyl (C=O) groups excluding carboxylic acids is 1. The molecule has 0 aliphatic heterocycles.